The normalized spacial score (nSPS) is 13.9. The summed E-state index contributed by atoms with van der Waals surface area (Å²) in [7, 11) is 0. The monoisotopic (exact) mass is 421 g/mol. The second-order valence-electron chi connectivity index (χ2n) is 6.73. The maximum Gasteiger partial charge on any atom is 0.352 e. The predicted octanol–water partition coefficient (Wildman–Crippen LogP) is 2.03. The number of carbonyl (C=O) groups excluding carboxylic acids is 1. The fourth-order valence-corrected chi connectivity index (χ4v) is 4.33. The molecule has 1 aromatic heterocycles. The fraction of sp³-hybridized carbons (Fsp3) is 0.304. The third kappa shape index (κ3) is 4.62. The van der Waals surface area contributed by atoms with Gasteiger partial charge in [0.15, 0.2) is 5.57 Å². The van der Waals surface area contributed by atoms with E-state index in [-0.39, 0.29) is 22.4 Å². The van der Waals surface area contributed by atoms with Crippen molar-refractivity contribution in [3.05, 3.63) is 62.0 Å². The highest BCUT2D eigenvalue weighted by Crippen LogP contribution is 2.20. The Labute approximate surface area is 178 Å². The molecule has 0 atom stereocenters. The van der Waals surface area contributed by atoms with E-state index in [4.69, 9.17) is 4.74 Å². The van der Waals surface area contributed by atoms with Gasteiger partial charge in [-0.1, -0.05) is 30.5 Å². The van der Waals surface area contributed by atoms with Crippen LogP contribution in [0.25, 0.3) is 17.4 Å². The zero-order valence-corrected chi connectivity index (χ0v) is 17.7. The molecule has 2 heterocycles. The third-order valence-corrected chi connectivity index (χ3v) is 5.91. The lowest BCUT2D eigenvalue weighted by Gasteiger charge is -2.17. The molecule has 0 N–H and O–H groups in total. The van der Waals surface area contributed by atoms with Crippen LogP contribution in [0.2, 0.25) is 0 Å². The Bertz CT molecular complexity index is 1190. The largest absolute Gasteiger partial charge is 0.457 e. The Hall–Kier alpha value is -3.33. The number of hydrogen-bond acceptors (Lipinski definition) is 6. The van der Waals surface area contributed by atoms with Crippen LogP contribution in [0, 0.1) is 11.3 Å². The van der Waals surface area contributed by atoms with Crippen LogP contribution in [0.5, 0.6) is 0 Å². The van der Waals surface area contributed by atoms with Crippen LogP contribution in [-0.2, 0) is 16.1 Å². The second-order valence-corrected chi connectivity index (χ2v) is 7.73. The molecular weight excluding hydrogens is 398 g/mol. The average Bonchev–Trinajstić information content (AvgIpc) is 3.40. The molecule has 0 bridgehead atoms. The summed E-state index contributed by atoms with van der Waals surface area (Å²) in [5, 5.41) is 9.44. The molecule has 1 fully saturated rings. The highest BCUT2D eigenvalue weighted by atomic mass is 32.1. The van der Waals surface area contributed by atoms with E-state index >= 15 is 0 Å². The molecule has 0 aliphatic carbocycles. The van der Waals surface area contributed by atoms with Crippen molar-refractivity contribution in [3.63, 3.8) is 0 Å². The first kappa shape index (κ1) is 21.4. The summed E-state index contributed by atoms with van der Waals surface area (Å²) in [6.45, 7) is 7.77. The van der Waals surface area contributed by atoms with Crippen molar-refractivity contribution in [2.45, 2.75) is 26.3 Å². The second kappa shape index (κ2) is 9.93. The molecule has 0 saturated carbocycles. The number of rotatable bonds is 6. The van der Waals surface area contributed by atoms with Gasteiger partial charge in [-0.15, -0.1) is 11.3 Å². The molecule has 1 saturated heterocycles. The smallest absolute Gasteiger partial charge is 0.352 e. The van der Waals surface area contributed by atoms with E-state index in [9.17, 15) is 14.9 Å². The summed E-state index contributed by atoms with van der Waals surface area (Å²) in [6.07, 6.45) is 5.61. The van der Waals surface area contributed by atoms with Gasteiger partial charge in [0.05, 0.1) is 0 Å². The van der Waals surface area contributed by atoms with Gasteiger partial charge in [0.1, 0.15) is 21.9 Å². The van der Waals surface area contributed by atoms with Crippen LogP contribution in [-0.4, -0.2) is 30.2 Å². The number of carbonyl (C=O) groups is 1. The van der Waals surface area contributed by atoms with Crippen molar-refractivity contribution in [1.29, 1.82) is 5.26 Å². The lowest BCUT2D eigenvalue weighted by Crippen LogP contribution is -2.32. The number of aromatic nitrogens is 1. The number of anilines is 1. The van der Waals surface area contributed by atoms with Crippen LogP contribution in [0.1, 0.15) is 25.3 Å². The Morgan fingerprint density at radius 2 is 2.00 bits per heavy atom. The van der Waals surface area contributed by atoms with Crippen molar-refractivity contribution in [2.75, 3.05) is 24.6 Å². The molecule has 2 aromatic rings. The van der Waals surface area contributed by atoms with E-state index < -0.39 is 5.97 Å². The van der Waals surface area contributed by atoms with Gasteiger partial charge in [-0.3, -0.25) is 9.36 Å². The number of nitrogens with zero attached hydrogens (tertiary/aromatic N) is 3. The van der Waals surface area contributed by atoms with Crippen LogP contribution in [0.4, 0.5) is 5.69 Å². The molecule has 6 nitrogen and oxygen atoms in total. The minimum Gasteiger partial charge on any atom is -0.457 e. The van der Waals surface area contributed by atoms with E-state index in [1.807, 2.05) is 18.2 Å². The Morgan fingerprint density at radius 3 is 2.60 bits per heavy atom. The van der Waals surface area contributed by atoms with Gasteiger partial charge in [-0.25, -0.2) is 4.79 Å². The number of benzene rings is 1. The van der Waals surface area contributed by atoms with Gasteiger partial charge in [-0.2, -0.15) is 5.26 Å². The van der Waals surface area contributed by atoms with Gasteiger partial charge in [0, 0.05) is 25.3 Å². The van der Waals surface area contributed by atoms with E-state index in [1.165, 1.54) is 29.2 Å². The van der Waals surface area contributed by atoms with Gasteiger partial charge >= 0.3 is 5.97 Å². The van der Waals surface area contributed by atoms with Crippen molar-refractivity contribution in [3.8, 4) is 6.07 Å². The maximum atomic E-state index is 12.7. The molecule has 7 heteroatoms. The Kier molecular flexibility index (Phi) is 7.08. The fourth-order valence-electron chi connectivity index (χ4n) is 3.27. The van der Waals surface area contributed by atoms with Crippen LogP contribution >= 0.6 is 11.3 Å². The van der Waals surface area contributed by atoms with Crippen LogP contribution in [0.15, 0.2) is 41.7 Å². The molecule has 0 spiro atoms. The molecule has 3 rings (SSSR count). The predicted molar refractivity (Wildman–Crippen MR) is 119 cm³/mol. The summed E-state index contributed by atoms with van der Waals surface area (Å²) in [4.78, 5) is 27.2. The summed E-state index contributed by atoms with van der Waals surface area (Å²) in [5.74, 6) is -0.770. The minimum atomic E-state index is -0.770. The van der Waals surface area contributed by atoms with Gasteiger partial charge in [-0.05, 0) is 43.5 Å². The molecule has 30 heavy (non-hydrogen) atoms. The lowest BCUT2D eigenvalue weighted by molar-refractivity contribution is -0.135. The van der Waals surface area contributed by atoms with E-state index in [0.29, 0.717) is 11.1 Å². The van der Waals surface area contributed by atoms with Crippen molar-refractivity contribution in [1.82, 2.24) is 4.57 Å². The zero-order valence-electron chi connectivity index (χ0n) is 16.9. The van der Waals surface area contributed by atoms with Crippen LogP contribution in [0.3, 0.4) is 0 Å². The highest BCUT2D eigenvalue weighted by molar-refractivity contribution is 7.07. The SMILES string of the molecule is C=CCOC(=O)/C(C#N)=c1\sc(=C=Cc2ccc(N3CCCC3)cc2)c(=O)n1CC. The summed E-state index contributed by atoms with van der Waals surface area (Å²) < 4.78 is 6.98. The number of nitriles is 1. The van der Waals surface area contributed by atoms with Crippen molar-refractivity contribution >= 4 is 40.4 Å². The molecule has 0 amide bonds. The first-order valence-electron chi connectivity index (χ1n) is 9.82. The van der Waals surface area contributed by atoms with Crippen molar-refractivity contribution in [2.24, 2.45) is 0 Å². The van der Waals surface area contributed by atoms with E-state index in [2.05, 4.69) is 29.3 Å². The standard InChI is InChI=1S/C23H23N3O3S/c1-3-15-29-23(28)19(16-24)22-26(4-2)21(27)20(30-22)12-9-17-7-10-18(11-8-17)25-13-5-6-14-25/h3,7-11H,1,4-6,13-15H2,2H3/b22-19-. The number of ether oxygens (including phenoxy) is 1. The molecule has 0 unspecified atom stereocenters. The van der Waals surface area contributed by atoms with Gasteiger partial charge < -0.3 is 9.64 Å². The zero-order chi connectivity index (χ0) is 21.5. The van der Waals surface area contributed by atoms with Crippen LogP contribution < -0.4 is 19.7 Å². The first-order valence-corrected chi connectivity index (χ1v) is 10.6. The molecule has 1 aliphatic heterocycles. The molecule has 1 aliphatic rings. The van der Waals surface area contributed by atoms with E-state index in [0.717, 1.165) is 30.0 Å². The Morgan fingerprint density at radius 1 is 1.30 bits per heavy atom. The van der Waals surface area contributed by atoms with Gasteiger partial charge in [0.2, 0.25) is 0 Å². The lowest BCUT2D eigenvalue weighted by atomic mass is 10.2. The third-order valence-electron chi connectivity index (χ3n) is 4.80. The summed E-state index contributed by atoms with van der Waals surface area (Å²) in [5.41, 5.74) is 4.67. The van der Waals surface area contributed by atoms with Gasteiger partial charge in [0.25, 0.3) is 5.56 Å². The average molecular weight is 422 g/mol. The minimum absolute atomic E-state index is 0.00193. The molecule has 154 valence electrons. The Balaban J connectivity index is 2.02. The molecule has 0 radical (unpaired) electrons. The highest BCUT2D eigenvalue weighted by Gasteiger charge is 2.16. The van der Waals surface area contributed by atoms with E-state index in [1.54, 1.807) is 13.0 Å². The summed E-state index contributed by atoms with van der Waals surface area (Å²) >= 11 is 1.06. The molecule has 1 aromatic carbocycles. The quantitative estimate of drug-likeness (QED) is 0.527. The first-order chi connectivity index (χ1) is 14.6. The number of hydrogen-bond donors (Lipinski definition) is 0. The number of thiazole rings is 1. The van der Waals surface area contributed by atoms with Crippen molar-refractivity contribution < 1.29 is 9.53 Å². The summed E-state index contributed by atoms with van der Waals surface area (Å²) in [6, 6.07) is 9.99. The number of esters is 1. The molecular formula is C23H23N3O3S. The maximum absolute atomic E-state index is 12.7. The topological polar surface area (TPSA) is 75.3 Å².